The summed E-state index contributed by atoms with van der Waals surface area (Å²) in [5, 5.41) is 2.98. The van der Waals surface area contributed by atoms with Gasteiger partial charge in [0.1, 0.15) is 12.1 Å². The van der Waals surface area contributed by atoms with Crippen LogP contribution in [0.5, 0.6) is 0 Å². The van der Waals surface area contributed by atoms with Crippen LogP contribution in [0.4, 0.5) is 15.9 Å². The third-order valence-electron chi connectivity index (χ3n) is 1.75. The van der Waals surface area contributed by atoms with Crippen LogP contribution in [-0.4, -0.2) is 9.97 Å². The van der Waals surface area contributed by atoms with Crippen molar-refractivity contribution in [1.82, 2.24) is 9.97 Å². The molecule has 0 saturated carbocycles. The number of anilines is 2. The molecule has 0 aliphatic rings. The van der Waals surface area contributed by atoms with Crippen LogP contribution in [0.3, 0.4) is 0 Å². The predicted octanol–water partition coefficient (Wildman–Crippen LogP) is 2.96. The maximum atomic E-state index is 12.7. The summed E-state index contributed by atoms with van der Waals surface area (Å²) in [7, 11) is 0. The van der Waals surface area contributed by atoms with E-state index in [-0.39, 0.29) is 0 Å². The van der Waals surface area contributed by atoms with Gasteiger partial charge in [0.05, 0.1) is 0 Å². The van der Waals surface area contributed by atoms with E-state index in [1.807, 2.05) is 24.3 Å². The Bertz CT molecular complexity index is 458. The Morgan fingerprint density at radius 3 is 2.53 bits per heavy atom. The molecule has 2 aromatic rings. The molecule has 5 heteroatoms. The summed E-state index contributed by atoms with van der Waals surface area (Å²) in [4.78, 5) is 7.27. The summed E-state index contributed by atoms with van der Waals surface area (Å²) in [6.07, 6.45) is 1.18. The lowest BCUT2D eigenvalue weighted by Crippen LogP contribution is -1.95. The van der Waals surface area contributed by atoms with E-state index in [2.05, 4.69) is 37.9 Å². The first-order valence-corrected chi connectivity index (χ1v) is 5.32. The Kier molecular flexibility index (Phi) is 3.10. The van der Waals surface area contributed by atoms with Crippen molar-refractivity contribution in [2.45, 2.75) is 0 Å². The van der Waals surface area contributed by atoms with Crippen molar-refractivity contribution in [2.75, 3.05) is 5.32 Å². The number of hydrogen-bond acceptors (Lipinski definition) is 3. The highest BCUT2D eigenvalue weighted by molar-refractivity contribution is 14.1. The molecule has 0 atom stereocenters. The van der Waals surface area contributed by atoms with Crippen LogP contribution in [-0.2, 0) is 0 Å². The van der Waals surface area contributed by atoms with Crippen molar-refractivity contribution in [1.29, 1.82) is 0 Å². The summed E-state index contributed by atoms with van der Waals surface area (Å²) >= 11 is 2.22. The van der Waals surface area contributed by atoms with Gasteiger partial charge in [-0.2, -0.15) is 4.39 Å². The molecule has 0 radical (unpaired) electrons. The van der Waals surface area contributed by atoms with Gasteiger partial charge in [0, 0.05) is 15.3 Å². The average Bonchev–Trinajstić information content (AvgIpc) is 2.22. The zero-order chi connectivity index (χ0) is 10.7. The zero-order valence-corrected chi connectivity index (χ0v) is 9.77. The quantitative estimate of drug-likeness (QED) is 0.684. The summed E-state index contributed by atoms with van der Waals surface area (Å²) in [5.74, 6) is -0.0956. The molecule has 0 unspecified atom stereocenters. The number of nitrogens with zero attached hydrogens (tertiary/aromatic N) is 2. The standard InChI is InChI=1S/C10H7FIN3/c11-9-5-10(14-6-13-9)15-8-3-1-7(12)2-4-8/h1-6H,(H,13,14,15). The predicted molar refractivity (Wildman–Crippen MR) is 64.4 cm³/mol. The second-order valence-electron chi connectivity index (χ2n) is 2.86. The van der Waals surface area contributed by atoms with Crippen LogP contribution in [0.25, 0.3) is 0 Å². The fourth-order valence-corrected chi connectivity index (χ4v) is 1.44. The molecule has 0 aliphatic heterocycles. The van der Waals surface area contributed by atoms with Gasteiger partial charge in [-0.1, -0.05) is 0 Å². The molecule has 1 aromatic carbocycles. The van der Waals surface area contributed by atoms with Crippen molar-refractivity contribution >= 4 is 34.1 Å². The van der Waals surface area contributed by atoms with Gasteiger partial charge in [0.25, 0.3) is 0 Å². The summed E-state index contributed by atoms with van der Waals surface area (Å²) < 4.78 is 13.9. The highest BCUT2D eigenvalue weighted by Gasteiger charge is 1.98. The van der Waals surface area contributed by atoms with Crippen molar-refractivity contribution < 1.29 is 4.39 Å². The number of nitrogens with one attached hydrogen (secondary N) is 1. The molecule has 1 N–H and O–H groups in total. The van der Waals surface area contributed by atoms with Gasteiger partial charge < -0.3 is 5.32 Å². The first-order chi connectivity index (χ1) is 7.24. The minimum atomic E-state index is -0.544. The monoisotopic (exact) mass is 315 g/mol. The highest BCUT2D eigenvalue weighted by atomic mass is 127. The van der Waals surface area contributed by atoms with E-state index >= 15 is 0 Å². The Labute approximate surface area is 99.9 Å². The first-order valence-electron chi connectivity index (χ1n) is 4.24. The first kappa shape index (κ1) is 10.3. The van der Waals surface area contributed by atoms with E-state index in [1.54, 1.807) is 0 Å². The molecule has 0 fully saturated rings. The molecule has 1 heterocycles. The van der Waals surface area contributed by atoms with Gasteiger partial charge >= 0.3 is 0 Å². The van der Waals surface area contributed by atoms with Crippen LogP contribution in [0.15, 0.2) is 36.7 Å². The third kappa shape index (κ3) is 2.85. The van der Waals surface area contributed by atoms with Crippen LogP contribution in [0.1, 0.15) is 0 Å². The lowest BCUT2D eigenvalue weighted by molar-refractivity contribution is 0.580. The van der Waals surface area contributed by atoms with Crippen molar-refractivity contribution in [3.63, 3.8) is 0 Å². The molecular formula is C10H7FIN3. The molecule has 15 heavy (non-hydrogen) atoms. The molecule has 2 rings (SSSR count). The SMILES string of the molecule is Fc1cc(Nc2ccc(I)cc2)ncn1. The minimum Gasteiger partial charge on any atom is -0.340 e. The van der Waals surface area contributed by atoms with Gasteiger partial charge in [-0.15, -0.1) is 0 Å². The fraction of sp³-hybridized carbons (Fsp3) is 0. The second-order valence-corrected chi connectivity index (χ2v) is 4.10. The lowest BCUT2D eigenvalue weighted by Gasteiger charge is -2.04. The highest BCUT2D eigenvalue weighted by Crippen LogP contribution is 2.15. The third-order valence-corrected chi connectivity index (χ3v) is 2.47. The molecule has 0 amide bonds. The molecule has 3 nitrogen and oxygen atoms in total. The normalized spacial score (nSPS) is 10.0. The molecule has 0 aliphatic carbocycles. The number of benzene rings is 1. The van der Waals surface area contributed by atoms with Crippen molar-refractivity contribution in [2.24, 2.45) is 0 Å². The maximum absolute atomic E-state index is 12.7. The van der Waals surface area contributed by atoms with Gasteiger partial charge in [0.2, 0.25) is 5.95 Å². The zero-order valence-electron chi connectivity index (χ0n) is 7.61. The number of rotatable bonds is 2. The molecule has 76 valence electrons. The Hall–Kier alpha value is -1.24. The van der Waals surface area contributed by atoms with Crippen molar-refractivity contribution in [3.05, 3.63) is 46.2 Å². The number of halogens is 2. The lowest BCUT2D eigenvalue weighted by atomic mass is 10.3. The Morgan fingerprint density at radius 2 is 1.87 bits per heavy atom. The smallest absolute Gasteiger partial charge is 0.218 e. The van der Waals surface area contributed by atoms with E-state index < -0.39 is 5.95 Å². The second kappa shape index (κ2) is 4.52. The Balaban J connectivity index is 2.18. The molecule has 0 bridgehead atoms. The van der Waals surface area contributed by atoms with Crippen LogP contribution < -0.4 is 5.32 Å². The van der Waals surface area contributed by atoms with Crippen LogP contribution in [0, 0.1) is 9.52 Å². The molecule has 1 aromatic heterocycles. The minimum absolute atomic E-state index is 0.448. The number of hydrogen-bond donors (Lipinski definition) is 1. The molecular weight excluding hydrogens is 308 g/mol. The average molecular weight is 315 g/mol. The Morgan fingerprint density at radius 1 is 1.13 bits per heavy atom. The fourth-order valence-electron chi connectivity index (χ4n) is 1.08. The van der Waals surface area contributed by atoms with E-state index in [0.717, 1.165) is 9.26 Å². The number of aromatic nitrogens is 2. The van der Waals surface area contributed by atoms with Crippen LogP contribution in [0.2, 0.25) is 0 Å². The van der Waals surface area contributed by atoms with Crippen LogP contribution >= 0.6 is 22.6 Å². The topological polar surface area (TPSA) is 37.8 Å². The van der Waals surface area contributed by atoms with E-state index in [9.17, 15) is 4.39 Å². The molecule has 0 saturated heterocycles. The largest absolute Gasteiger partial charge is 0.340 e. The maximum Gasteiger partial charge on any atom is 0.218 e. The summed E-state index contributed by atoms with van der Waals surface area (Å²) in [6, 6.07) is 8.97. The van der Waals surface area contributed by atoms with E-state index in [0.29, 0.717) is 5.82 Å². The van der Waals surface area contributed by atoms with E-state index in [4.69, 9.17) is 0 Å². The van der Waals surface area contributed by atoms with Gasteiger partial charge in [-0.25, -0.2) is 9.97 Å². The van der Waals surface area contributed by atoms with Gasteiger partial charge in [0.15, 0.2) is 0 Å². The summed E-state index contributed by atoms with van der Waals surface area (Å²) in [6.45, 7) is 0. The van der Waals surface area contributed by atoms with Gasteiger partial charge in [-0.05, 0) is 46.9 Å². The molecule has 0 spiro atoms. The van der Waals surface area contributed by atoms with E-state index in [1.165, 1.54) is 12.4 Å². The summed E-state index contributed by atoms with van der Waals surface area (Å²) in [5.41, 5.74) is 0.869. The van der Waals surface area contributed by atoms with Gasteiger partial charge in [-0.3, -0.25) is 0 Å². The van der Waals surface area contributed by atoms with Crippen molar-refractivity contribution in [3.8, 4) is 0 Å².